The summed E-state index contributed by atoms with van der Waals surface area (Å²) in [5, 5.41) is 20.1. The summed E-state index contributed by atoms with van der Waals surface area (Å²) in [5.74, 6) is 1.49. The first-order chi connectivity index (χ1) is 20.2. The predicted octanol–water partition coefficient (Wildman–Crippen LogP) is 2.68. The van der Waals surface area contributed by atoms with E-state index < -0.39 is 0 Å². The molecule has 2 amide bonds. The number of fused-ring (bicyclic) bond motifs is 1. The number of aliphatic hydroxyl groups is 1. The molecule has 0 atom stereocenters. The Labute approximate surface area is 238 Å². The molecule has 41 heavy (non-hydrogen) atoms. The van der Waals surface area contributed by atoms with Crippen molar-refractivity contribution in [2.75, 3.05) is 62.8 Å². The highest BCUT2D eigenvalue weighted by atomic mass is 16.5. The van der Waals surface area contributed by atoms with Crippen LogP contribution in [0.25, 0.3) is 22.4 Å². The number of aliphatic hydroxyl groups excluding tert-OH is 1. The molecule has 6 rings (SSSR count). The number of piperidine rings is 1. The summed E-state index contributed by atoms with van der Waals surface area (Å²) in [5.41, 5.74) is 3.56. The summed E-state index contributed by atoms with van der Waals surface area (Å²) in [6.45, 7) is 5.78. The highest BCUT2D eigenvalue weighted by Crippen LogP contribution is 2.32. The summed E-state index contributed by atoms with van der Waals surface area (Å²) in [6.07, 6.45) is 7.63. The van der Waals surface area contributed by atoms with Gasteiger partial charge in [-0.25, -0.2) is 19.4 Å². The van der Waals surface area contributed by atoms with Crippen molar-refractivity contribution in [3.63, 3.8) is 0 Å². The van der Waals surface area contributed by atoms with Crippen LogP contribution in [0.15, 0.2) is 55.0 Å². The topological polar surface area (TPSA) is 134 Å². The van der Waals surface area contributed by atoms with E-state index in [0.717, 1.165) is 68.0 Å². The van der Waals surface area contributed by atoms with Crippen LogP contribution in [0.5, 0.6) is 0 Å². The Morgan fingerprint density at radius 2 is 1.83 bits per heavy atom. The number of aromatic nitrogens is 5. The van der Waals surface area contributed by atoms with E-state index >= 15 is 0 Å². The third-order valence-corrected chi connectivity index (χ3v) is 7.57. The maximum absolute atomic E-state index is 12.0. The number of nitrogens with zero attached hydrogens (tertiary/aromatic N) is 7. The molecule has 0 bridgehead atoms. The second-order valence-corrected chi connectivity index (χ2v) is 10.3. The zero-order valence-corrected chi connectivity index (χ0v) is 22.9. The molecule has 2 saturated heterocycles. The molecule has 2 aliphatic rings. The number of pyridine rings is 1. The summed E-state index contributed by atoms with van der Waals surface area (Å²) in [4.78, 5) is 31.0. The molecule has 2 fully saturated rings. The fraction of sp³-hybridized carbons (Fsp3) is 0.414. The molecule has 0 radical (unpaired) electrons. The van der Waals surface area contributed by atoms with Gasteiger partial charge in [0, 0.05) is 62.9 Å². The van der Waals surface area contributed by atoms with Crippen molar-refractivity contribution in [3.8, 4) is 11.4 Å². The number of amides is 2. The molecule has 12 heteroatoms. The second-order valence-electron chi connectivity index (χ2n) is 10.3. The van der Waals surface area contributed by atoms with E-state index in [1.54, 1.807) is 0 Å². The van der Waals surface area contributed by atoms with Gasteiger partial charge in [-0.15, -0.1) is 0 Å². The van der Waals surface area contributed by atoms with E-state index in [1.807, 2.05) is 48.9 Å². The number of anilines is 2. The van der Waals surface area contributed by atoms with E-state index in [9.17, 15) is 4.79 Å². The molecule has 0 unspecified atom stereocenters. The largest absolute Gasteiger partial charge is 0.395 e. The van der Waals surface area contributed by atoms with Gasteiger partial charge in [-0.3, -0.25) is 9.88 Å². The van der Waals surface area contributed by atoms with Gasteiger partial charge in [-0.05, 0) is 48.7 Å². The fourth-order valence-electron chi connectivity index (χ4n) is 5.44. The van der Waals surface area contributed by atoms with E-state index in [2.05, 4.69) is 36.2 Å². The molecule has 0 aliphatic carbocycles. The molecular weight excluding hydrogens is 522 g/mol. The molecule has 4 aromatic rings. The van der Waals surface area contributed by atoms with Crippen molar-refractivity contribution < 1.29 is 14.6 Å². The Hall–Kier alpha value is -4.13. The lowest BCUT2D eigenvalue weighted by atomic mass is 10.0. The molecular formula is C29H35N9O3. The van der Waals surface area contributed by atoms with Crippen molar-refractivity contribution in [1.82, 2.24) is 34.9 Å². The SMILES string of the molecule is O=C(NCCO)Nc1ccc(-c2nc(N3CCOCC3)c3cnn(C4CCN(Cc5cccnc5)CC4)c3n2)cc1. The first-order valence-electron chi connectivity index (χ1n) is 14.1. The number of ether oxygens (including phenoxy) is 1. The minimum absolute atomic E-state index is 0.112. The standard InChI is InChI=1S/C29H35N9O3/c39-15-10-31-29(40)33-23-5-3-22(4-6-23)26-34-27(37-13-16-41-17-14-37)25-19-32-38(28(25)35-26)24-7-11-36(12-8-24)20-21-2-1-9-30-18-21/h1-6,9,18-19,24,39H,7-8,10-17,20H2,(H2,31,33,40). The van der Waals surface area contributed by atoms with E-state index in [0.29, 0.717) is 24.7 Å². The first kappa shape index (κ1) is 27.1. The molecule has 0 saturated carbocycles. The van der Waals surface area contributed by atoms with Crippen molar-refractivity contribution >= 4 is 28.6 Å². The smallest absolute Gasteiger partial charge is 0.319 e. The molecule has 1 aromatic carbocycles. The van der Waals surface area contributed by atoms with E-state index in [1.165, 1.54) is 5.56 Å². The maximum atomic E-state index is 12.0. The van der Waals surface area contributed by atoms with Crippen LogP contribution in [0.2, 0.25) is 0 Å². The lowest BCUT2D eigenvalue weighted by Gasteiger charge is -2.32. The van der Waals surface area contributed by atoms with Gasteiger partial charge in [0.1, 0.15) is 5.82 Å². The van der Waals surface area contributed by atoms with E-state index in [4.69, 9.17) is 24.9 Å². The Balaban J connectivity index is 1.26. The summed E-state index contributed by atoms with van der Waals surface area (Å²) in [7, 11) is 0. The highest BCUT2D eigenvalue weighted by molar-refractivity contribution is 5.90. The van der Waals surface area contributed by atoms with Crippen molar-refractivity contribution in [3.05, 3.63) is 60.6 Å². The van der Waals surface area contributed by atoms with Gasteiger partial charge in [0.25, 0.3) is 0 Å². The fourth-order valence-corrected chi connectivity index (χ4v) is 5.44. The number of carbonyl (C=O) groups excluding carboxylic acids is 1. The molecule has 214 valence electrons. The lowest BCUT2D eigenvalue weighted by molar-refractivity contribution is 0.122. The van der Waals surface area contributed by atoms with Gasteiger partial charge in [-0.1, -0.05) is 6.07 Å². The molecule has 3 N–H and O–H groups in total. The normalized spacial score (nSPS) is 16.7. The Bertz CT molecular complexity index is 1450. The minimum atomic E-state index is -0.366. The van der Waals surface area contributed by atoms with Crippen molar-refractivity contribution in [2.24, 2.45) is 0 Å². The minimum Gasteiger partial charge on any atom is -0.395 e. The van der Waals surface area contributed by atoms with Crippen LogP contribution in [-0.2, 0) is 11.3 Å². The summed E-state index contributed by atoms with van der Waals surface area (Å²) < 4.78 is 7.69. The van der Waals surface area contributed by atoms with Gasteiger partial charge in [-0.2, -0.15) is 5.10 Å². The number of morpholine rings is 1. The van der Waals surface area contributed by atoms with Crippen LogP contribution < -0.4 is 15.5 Å². The number of urea groups is 1. The number of benzene rings is 1. The van der Waals surface area contributed by atoms with Crippen LogP contribution in [0.1, 0.15) is 24.4 Å². The molecule has 5 heterocycles. The average molecular weight is 558 g/mol. The molecule has 0 spiro atoms. The number of carbonyl (C=O) groups is 1. The third kappa shape index (κ3) is 6.29. The average Bonchev–Trinajstić information content (AvgIpc) is 3.45. The quantitative estimate of drug-likeness (QED) is 0.299. The first-order valence-corrected chi connectivity index (χ1v) is 14.1. The van der Waals surface area contributed by atoms with Crippen LogP contribution in [0.3, 0.4) is 0 Å². The Kier molecular flexibility index (Phi) is 8.31. The van der Waals surface area contributed by atoms with Crippen LogP contribution in [0.4, 0.5) is 16.3 Å². The summed E-state index contributed by atoms with van der Waals surface area (Å²) >= 11 is 0. The zero-order valence-electron chi connectivity index (χ0n) is 22.9. The molecule has 2 aliphatic heterocycles. The molecule has 12 nitrogen and oxygen atoms in total. The van der Waals surface area contributed by atoms with Gasteiger partial charge in [0.2, 0.25) is 0 Å². The lowest BCUT2D eigenvalue weighted by Crippen LogP contribution is -2.37. The van der Waals surface area contributed by atoms with E-state index in [-0.39, 0.29) is 25.2 Å². The van der Waals surface area contributed by atoms with Crippen molar-refractivity contribution in [2.45, 2.75) is 25.4 Å². The third-order valence-electron chi connectivity index (χ3n) is 7.57. The monoisotopic (exact) mass is 557 g/mol. The second kappa shape index (κ2) is 12.6. The van der Waals surface area contributed by atoms with Crippen LogP contribution in [0, 0.1) is 0 Å². The highest BCUT2D eigenvalue weighted by Gasteiger charge is 2.26. The molecule has 3 aromatic heterocycles. The summed E-state index contributed by atoms with van der Waals surface area (Å²) in [6, 6.07) is 11.5. The van der Waals surface area contributed by atoms with Crippen molar-refractivity contribution in [1.29, 1.82) is 0 Å². The number of likely N-dealkylation sites (tertiary alicyclic amines) is 1. The van der Waals surface area contributed by atoms with Crippen LogP contribution in [-0.4, -0.2) is 93.3 Å². The van der Waals surface area contributed by atoms with Gasteiger partial charge >= 0.3 is 6.03 Å². The Morgan fingerprint density at radius 3 is 2.56 bits per heavy atom. The maximum Gasteiger partial charge on any atom is 0.319 e. The van der Waals surface area contributed by atoms with Gasteiger partial charge in [0.05, 0.1) is 37.4 Å². The van der Waals surface area contributed by atoms with Gasteiger partial charge in [0.15, 0.2) is 11.5 Å². The Morgan fingerprint density at radius 1 is 1.02 bits per heavy atom. The van der Waals surface area contributed by atoms with Gasteiger partial charge < -0.3 is 25.4 Å². The zero-order chi connectivity index (χ0) is 28.0. The number of nitrogens with one attached hydrogen (secondary N) is 2. The number of hydrogen-bond donors (Lipinski definition) is 3. The van der Waals surface area contributed by atoms with Crippen LogP contribution >= 0.6 is 0 Å². The number of rotatable bonds is 8. The predicted molar refractivity (Wildman–Crippen MR) is 156 cm³/mol. The number of hydrogen-bond acceptors (Lipinski definition) is 9.